The quantitative estimate of drug-likeness (QED) is 0.334. The number of carbonyl (C=O) groups excluding carboxylic acids is 1. The first-order valence-corrected chi connectivity index (χ1v) is 9.89. The van der Waals surface area contributed by atoms with Crippen LogP contribution in [0.4, 0.5) is 0 Å². The number of benzene rings is 1. The number of methoxy groups -OCH3 is 3. The van der Waals surface area contributed by atoms with Gasteiger partial charge in [0, 0.05) is 17.7 Å². The standard InChI is InChI=1S/C19H23ClN4O7/c1-29-13-9-11-8-12(21-16(11)18(31-3)17(13)30-2)19(26)23-10-15(24(27)28)22(6-7-25)14(23)4-5-20/h8-10,14,21,25H,4-7H2,1-3H3. The third-order valence-corrected chi connectivity index (χ3v) is 5.23. The number of aromatic amines is 1. The third kappa shape index (κ3) is 3.93. The van der Waals surface area contributed by atoms with Crippen LogP contribution in [-0.2, 0) is 0 Å². The number of amides is 1. The molecule has 1 aromatic heterocycles. The van der Waals surface area contributed by atoms with E-state index >= 15 is 0 Å². The molecular formula is C19H23ClN4O7. The number of rotatable bonds is 9. The number of ether oxygens (including phenoxy) is 3. The van der Waals surface area contributed by atoms with Gasteiger partial charge in [-0.3, -0.25) is 9.69 Å². The van der Waals surface area contributed by atoms with Gasteiger partial charge in [-0.05, 0) is 17.1 Å². The number of β-amino-alcohol motifs (C(OH)–C–C–N with tert-alkyl or cyclic N) is 1. The van der Waals surface area contributed by atoms with E-state index < -0.39 is 17.0 Å². The molecule has 0 aliphatic carbocycles. The van der Waals surface area contributed by atoms with Gasteiger partial charge in [0.2, 0.25) is 5.75 Å². The van der Waals surface area contributed by atoms with Crippen LogP contribution in [0, 0.1) is 10.1 Å². The van der Waals surface area contributed by atoms with Crippen molar-refractivity contribution in [1.82, 2.24) is 14.8 Å². The Bertz CT molecular complexity index is 1020. The minimum atomic E-state index is -0.699. The molecule has 31 heavy (non-hydrogen) atoms. The van der Waals surface area contributed by atoms with Crippen LogP contribution < -0.4 is 14.2 Å². The SMILES string of the molecule is COc1cc2cc(C(=O)N3C=C([N+](=O)[O-])N(CCO)C3CCCl)[nH]c2c(OC)c1OC. The summed E-state index contributed by atoms with van der Waals surface area (Å²) < 4.78 is 16.2. The second-order valence-corrected chi connectivity index (χ2v) is 7.00. The normalized spacial score (nSPS) is 15.9. The molecular weight excluding hydrogens is 432 g/mol. The first-order chi connectivity index (χ1) is 14.9. The van der Waals surface area contributed by atoms with Crippen molar-refractivity contribution in [3.05, 3.63) is 40.0 Å². The van der Waals surface area contributed by atoms with Crippen molar-refractivity contribution in [2.45, 2.75) is 12.6 Å². The van der Waals surface area contributed by atoms with Crippen LogP contribution in [0.3, 0.4) is 0 Å². The number of nitro groups is 1. The van der Waals surface area contributed by atoms with E-state index in [-0.39, 0.29) is 37.0 Å². The lowest BCUT2D eigenvalue weighted by Gasteiger charge is -2.26. The molecule has 168 valence electrons. The average molecular weight is 455 g/mol. The minimum absolute atomic E-state index is 0.00687. The Balaban J connectivity index is 2.07. The van der Waals surface area contributed by atoms with E-state index in [1.807, 2.05) is 0 Å². The Hall–Kier alpha value is -3.18. The number of H-pyrrole nitrogens is 1. The van der Waals surface area contributed by atoms with Crippen LogP contribution in [0.25, 0.3) is 10.9 Å². The zero-order valence-corrected chi connectivity index (χ0v) is 18.0. The highest BCUT2D eigenvalue weighted by atomic mass is 35.5. The fourth-order valence-corrected chi connectivity index (χ4v) is 3.89. The van der Waals surface area contributed by atoms with E-state index in [9.17, 15) is 20.0 Å². The summed E-state index contributed by atoms with van der Waals surface area (Å²) in [4.78, 5) is 29.9. The molecule has 1 aliphatic rings. The van der Waals surface area contributed by atoms with E-state index in [4.69, 9.17) is 25.8 Å². The first kappa shape index (κ1) is 22.5. The topological polar surface area (TPSA) is 130 Å². The Morgan fingerprint density at radius 3 is 2.52 bits per heavy atom. The lowest BCUT2D eigenvalue weighted by atomic mass is 10.2. The van der Waals surface area contributed by atoms with E-state index in [1.54, 1.807) is 12.1 Å². The Kier molecular flexibility index (Phi) is 6.76. The van der Waals surface area contributed by atoms with E-state index in [0.29, 0.717) is 28.2 Å². The molecule has 1 unspecified atom stereocenters. The average Bonchev–Trinajstić information content (AvgIpc) is 3.34. The van der Waals surface area contributed by atoms with Crippen LogP contribution in [0.2, 0.25) is 0 Å². The summed E-state index contributed by atoms with van der Waals surface area (Å²) in [6.45, 7) is -0.317. The fourth-order valence-electron chi connectivity index (χ4n) is 3.70. The minimum Gasteiger partial charge on any atom is -0.493 e. The van der Waals surface area contributed by atoms with Crippen LogP contribution in [0.15, 0.2) is 24.2 Å². The van der Waals surface area contributed by atoms with Crippen LogP contribution >= 0.6 is 11.6 Å². The number of halogens is 1. The van der Waals surface area contributed by atoms with Gasteiger partial charge in [0.1, 0.15) is 18.4 Å². The molecule has 1 atom stereocenters. The second-order valence-electron chi connectivity index (χ2n) is 6.62. The van der Waals surface area contributed by atoms with Crippen LogP contribution in [0.5, 0.6) is 17.2 Å². The molecule has 0 saturated heterocycles. The number of aromatic nitrogens is 1. The molecule has 2 heterocycles. The lowest BCUT2D eigenvalue weighted by Crippen LogP contribution is -2.44. The molecule has 11 nitrogen and oxygen atoms in total. The molecule has 0 fully saturated rings. The van der Waals surface area contributed by atoms with Gasteiger partial charge in [-0.15, -0.1) is 11.6 Å². The zero-order chi connectivity index (χ0) is 22.7. The number of nitrogens with zero attached hydrogens (tertiary/aromatic N) is 3. The van der Waals surface area contributed by atoms with E-state index in [1.165, 1.54) is 37.3 Å². The molecule has 0 saturated carbocycles. The number of alkyl halides is 1. The third-order valence-electron chi connectivity index (χ3n) is 5.01. The molecule has 2 aromatic rings. The van der Waals surface area contributed by atoms with Gasteiger partial charge in [-0.25, -0.2) is 4.90 Å². The molecule has 0 radical (unpaired) electrons. The summed E-state index contributed by atoms with van der Waals surface area (Å²) in [6.07, 6.45) is 0.737. The molecule has 3 rings (SSSR count). The summed E-state index contributed by atoms with van der Waals surface area (Å²) in [7, 11) is 4.43. The van der Waals surface area contributed by atoms with Crippen molar-refractivity contribution < 1.29 is 29.0 Å². The molecule has 2 N–H and O–H groups in total. The zero-order valence-electron chi connectivity index (χ0n) is 17.3. The Morgan fingerprint density at radius 2 is 1.97 bits per heavy atom. The smallest absolute Gasteiger partial charge is 0.336 e. The Labute approximate surface area is 182 Å². The van der Waals surface area contributed by atoms with E-state index in [2.05, 4.69) is 4.98 Å². The predicted molar refractivity (Wildman–Crippen MR) is 112 cm³/mol. The molecule has 0 spiro atoms. The van der Waals surface area contributed by atoms with Gasteiger partial charge in [0.05, 0.1) is 33.5 Å². The molecule has 1 amide bonds. The predicted octanol–water partition coefficient (Wildman–Crippen LogP) is 1.97. The van der Waals surface area contributed by atoms with E-state index in [0.717, 1.165) is 0 Å². The van der Waals surface area contributed by atoms with Crippen molar-refractivity contribution >= 4 is 28.4 Å². The van der Waals surface area contributed by atoms with Crippen molar-refractivity contribution in [3.63, 3.8) is 0 Å². The van der Waals surface area contributed by atoms with Gasteiger partial charge < -0.3 is 34.4 Å². The number of nitrogens with one attached hydrogen (secondary N) is 1. The maximum absolute atomic E-state index is 13.3. The van der Waals surface area contributed by atoms with Gasteiger partial charge in [-0.1, -0.05) is 0 Å². The van der Waals surface area contributed by atoms with Crippen LogP contribution in [-0.4, -0.2) is 77.2 Å². The highest BCUT2D eigenvalue weighted by Gasteiger charge is 2.43. The lowest BCUT2D eigenvalue weighted by molar-refractivity contribution is -0.446. The summed E-state index contributed by atoms with van der Waals surface area (Å²) in [6, 6.07) is 3.30. The summed E-state index contributed by atoms with van der Waals surface area (Å²) in [5, 5.41) is 21.5. The largest absolute Gasteiger partial charge is 0.493 e. The highest BCUT2D eigenvalue weighted by Crippen LogP contribution is 2.43. The van der Waals surface area contributed by atoms with Crippen LogP contribution in [0.1, 0.15) is 16.9 Å². The first-order valence-electron chi connectivity index (χ1n) is 9.35. The van der Waals surface area contributed by atoms with Crippen molar-refractivity contribution in [3.8, 4) is 17.2 Å². The fraction of sp³-hybridized carbons (Fsp3) is 0.421. The summed E-state index contributed by atoms with van der Waals surface area (Å²) in [5.41, 5.74) is 0.704. The number of aliphatic hydroxyl groups is 1. The van der Waals surface area contributed by atoms with Crippen molar-refractivity contribution in [2.75, 3.05) is 40.4 Å². The number of hydrogen-bond acceptors (Lipinski definition) is 8. The number of fused-ring (bicyclic) bond motifs is 1. The molecule has 1 aliphatic heterocycles. The van der Waals surface area contributed by atoms with Crippen molar-refractivity contribution in [1.29, 1.82) is 0 Å². The number of carbonyl (C=O) groups is 1. The van der Waals surface area contributed by atoms with Gasteiger partial charge in [0.25, 0.3) is 5.91 Å². The monoisotopic (exact) mass is 454 g/mol. The number of hydrogen-bond donors (Lipinski definition) is 2. The van der Waals surface area contributed by atoms with Crippen molar-refractivity contribution in [2.24, 2.45) is 0 Å². The maximum atomic E-state index is 13.3. The molecule has 1 aromatic carbocycles. The van der Waals surface area contributed by atoms with Gasteiger partial charge >= 0.3 is 5.82 Å². The van der Waals surface area contributed by atoms with Gasteiger partial charge in [0.15, 0.2) is 17.7 Å². The summed E-state index contributed by atoms with van der Waals surface area (Å²) in [5.74, 6) is 0.544. The number of aliphatic hydroxyl groups excluding tert-OH is 1. The highest BCUT2D eigenvalue weighted by molar-refractivity contribution is 6.17. The van der Waals surface area contributed by atoms with Gasteiger partial charge in [-0.2, -0.15) is 0 Å². The second kappa shape index (κ2) is 9.31. The summed E-state index contributed by atoms with van der Waals surface area (Å²) >= 11 is 5.89. The Morgan fingerprint density at radius 1 is 1.26 bits per heavy atom. The maximum Gasteiger partial charge on any atom is 0.336 e. The molecule has 0 bridgehead atoms. The molecule has 12 heteroatoms.